The van der Waals surface area contributed by atoms with Crippen LogP contribution in [0.2, 0.25) is 10.0 Å². The van der Waals surface area contributed by atoms with E-state index in [1.54, 1.807) is 24.3 Å². The Hall–Kier alpha value is -3.07. The molecule has 0 radical (unpaired) electrons. The van der Waals surface area contributed by atoms with Crippen molar-refractivity contribution in [2.45, 2.75) is 59.5 Å². The van der Waals surface area contributed by atoms with Gasteiger partial charge in [-0.1, -0.05) is 79.5 Å². The molecule has 0 aliphatic heterocycles. The van der Waals surface area contributed by atoms with E-state index in [1.165, 1.54) is 9.21 Å². The lowest BCUT2D eigenvalue weighted by Crippen LogP contribution is -2.51. The fraction of sp³-hybridized carbons (Fsp3) is 0.394. The van der Waals surface area contributed by atoms with Gasteiger partial charge in [-0.15, -0.1) is 0 Å². The molecule has 0 saturated carbocycles. The number of sulfonamides is 1. The maximum atomic E-state index is 14.0. The second kappa shape index (κ2) is 15.6. The van der Waals surface area contributed by atoms with E-state index in [4.69, 9.17) is 23.2 Å². The number of nitrogens with one attached hydrogen (secondary N) is 1. The Morgan fingerprint density at radius 2 is 1.56 bits per heavy atom. The number of rotatable bonds is 14. The Kier molecular flexibility index (Phi) is 12.5. The van der Waals surface area contributed by atoms with Gasteiger partial charge in [0.1, 0.15) is 6.04 Å². The van der Waals surface area contributed by atoms with Crippen LogP contribution in [0.25, 0.3) is 0 Å². The molecule has 0 fully saturated rings. The van der Waals surface area contributed by atoms with Gasteiger partial charge in [0.2, 0.25) is 21.8 Å². The summed E-state index contributed by atoms with van der Waals surface area (Å²) < 4.78 is 26.8. The van der Waals surface area contributed by atoms with Gasteiger partial charge in [0, 0.05) is 48.1 Å². The summed E-state index contributed by atoms with van der Waals surface area (Å²) in [6.45, 7) is 8.49. The fourth-order valence-electron chi connectivity index (χ4n) is 4.71. The van der Waals surface area contributed by atoms with E-state index < -0.39 is 16.1 Å². The quantitative estimate of drug-likeness (QED) is 0.215. The summed E-state index contributed by atoms with van der Waals surface area (Å²) in [7, 11) is -3.60. The predicted molar refractivity (Wildman–Crippen MR) is 176 cm³/mol. The normalized spacial score (nSPS) is 12.2. The molecule has 10 heteroatoms. The second-order valence-electron chi connectivity index (χ2n) is 11.3. The molecule has 232 valence electrons. The van der Waals surface area contributed by atoms with E-state index in [2.05, 4.69) is 5.32 Å². The summed E-state index contributed by atoms with van der Waals surface area (Å²) in [5.74, 6) is -0.358. The Morgan fingerprint density at radius 3 is 2.14 bits per heavy atom. The van der Waals surface area contributed by atoms with Crippen molar-refractivity contribution in [2.75, 3.05) is 23.7 Å². The molecule has 0 aliphatic carbocycles. The monoisotopic (exact) mass is 645 g/mol. The number of halogens is 2. The van der Waals surface area contributed by atoms with Crippen LogP contribution in [0.4, 0.5) is 5.69 Å². The number of amides is 2. The lowest BCUT2D eigenvalue weighted by Gasteiger charge is -2.32. The summed E-state index contributed by atoms with van der Waals surface area (Å²) >= 11 is 13.0. The highest BCUT2D eigenvalue weighted by Gasteiger charge is 2.31. The molecule has 3 aromatic carbocycles. The summed E-state index contributed by atoms with van der Waals surface area (Å²) in [6.07, 6.45) is 1.71. The van der Waals surface area contributed by atoms with Crippen LogP contribution in [-0.2, 0) is 32.6 Å². The molecule has 3 rings (SSSR count). The van der Waals surface area contributed by atoms with Crippen LogP contribution in [0.15, 0.2) is 66.7 Å². The second-order valence-corrected chi connectivity index (χ2v) is 14.0. The molecule has 3 aromatic rings. The predicted octanol–water partition coefficient (Wildman–Crippen LogP) is 6.57. The average Bonchev–Trinajstić information content (AvgIpc) is 2.94. The van der Waals surface area contributed by atoms with Crippen molar-refractivity contribution in [3.63, 3.8) is 0 Å². The van der Waals surface area contributed by atoms with E-state index in [1.807, 2.05) is 70.2 Å². The minimum atomic E-state index is -3.60. The third kappa shape index (κ3) is 9.98. The standard InChI is InChI=1S/C33H41Cl2N3O4S/c1-23(2)21-36-33(40)31(20-26-11-7-6-8-12-26)37(22-28-29(34)13-9-14-30(28)35)32(39)15-10-18-38(43(5,41)42)27-17-16-24(3)25(4)19-27/h6-9,11-14,16-17,19,23,31H,10,15,18,20-22H2,1-5H3,(H,36,40)/t31-/m1/s1. The van der Waals surface area contributed by atoms with Gasteiger partial charge in [-0.2, -0.15) is 0 Å². The van der Waals surface area contributed by atoms with Crippen LogP contribution in [0, 0.1) is 19.8 Å². The van der Waals surface area contributed by atoms with Gasteiger partial charge >= 0.3 is 0 Å². The van der Waals surface area contributed by atoms with Crippen molar-refractivity contribution < 1.29 is 18.0 Å². The largest absolute Gasteiger partial charge is 0.354 e. The van der Waals surface area contributed by atoms with Crippen LogP contribution in [0.5, 0.6) is 0 Å². The summed E-state index contributed by atoms with van der Waals surface area (Å²) in [5.41, 5.74) is 4.02. The minimum Gasteiger partial charge on any atom is -0.354 e. The third-order valence-corrected chi connectivity index (χ3v) is 9.18. The van der Waals surface area contributed by atoms with Crippen LogP contribution in [0.1, 0.15) is 48.9 Å². The number of aryl methyl sites for hydroxylation is 2. The Balaban J connectivity index is 1.93. The van der Waals surface area contributed by atoms with Crippen molar-refractivity contribution in [1.82, 2.24) is 10.2 Å². The average molecular weight is 647 g/mol. The van der Waals surface area contributed by atoms with Gasteiger partial charge in [-0.05, 0) is 67.1 Å². The van der Waals surface area contributed by atoms with Gasteiger partial charge < -0.3 is 10.2 Å². The zero-order chi connectivity index (χ0) is 31.7. The van der Waals surface area contributed by atoms with Crippen molar-refractivity contribution in [1.29, 1.82) is 0 Å². The zero-order valence-electron chi connectivity index (χ0n) is 25.4. The summed E-state index contributed by atoms with van der Waals surface area (Å²) in [5, 5.41) is 3.78. The first-order valence-corrected chi connectivity index (χ1v) is 17.0. The molecule has 0 unspecified atom stereocenters. The molecular weight excluding hydrogens is 605 g/mol. The topological polar surface area (TPSA) is 86.8 Å². The molecule has 1 atom stereocenters. The van der Waals surface area contributed by atoms with Crippen LogP contribution in [0.3, 0.4) is 0 Å². The Morgan fingerprint density at radius 1 is 0.907 bits per heavy atom. The van der Waals surface area contributed by atoms with Crippen molar-refractivity contribution in [2.24, 2.45) is 5.92 Å². The van der Waals surface area contributed by atoms with Crippen LogP contribution in [-0.4, -0.2) is 50.5 Å². The number of carbonyl (C=O) groups excluding carboxylic acids is 2. The highest BCUT2D eigenvalue weighted by Crippen LogP contribution is 2.28. The molecule has 0 aromatic heterocycles. The maximum absolute atomic E-state index is 14.0. The van der Waals surface area contributed by atoms with Gasteiger partial charge in [0.15, 0.2) is 0 Å². The number of hydrogen-bond donors (Lipinski definition) is 1. The maximum Gasteiger partial charge on any atom is 0.243 e. The molecular formula is C33H41Cl2N3O4S. The van der Waals surface area contributed by atoms with Gasteiger partial charge in [0.05, 0.1) is 11.9 Å². The zero-order valence-corrected chi connectivity index (χ0v) is 27.8. The molecule has 7 nitrogen and oxygen atoms in total. The highest BCUT2D eigenvalue weighted by atomic mass is 35.5. The van der Waals surface area contributed by atoms with Crippen LogP contribution >= 0.6 is 23.2 Å². The minimum absolute atomic E-state index is 0.0156. The molecule has 2 amide bonds. The van der Waals surface area contributed by atoms with Crippen molar-refractivity contribution in [3.8, 4) is 0 Å². The molecule has 1 N–H and O–H groups in total. The summed E-state index contributed by atoms with van der Waals surface area (Å²) in [4.78, 5) is 29.2. The first-order valence-electron chi connectivity index (χ1n) is 14.4. The van der Waals surface area contributed by atoms with E-state index in [0.29, 0.717) is 27.8 Å². The number of hydrogen-bond acceptors (Lipinski definition) is 4. The molecule has 0 saturated heterocycles. The smallest absolute Gasteiger partial charge is 0.243 e. The number of benzene rings is 3. The number of carbonyl (C=O) groups is 2. The molecule has 0 bridgehead atoms. The molecule has 0 heterocycles. The number of anilines is 1. The molecule has 0 aliphatic rings. The lowest BCUT2D eigenvalue weighted by molar-refractivity contribution is -0.141. The fourth-order valence-corrected chi connectivity index (χ4v) is 6.19. The molecule has 0 spiro atoms. The highest BCUT2D eigenvalue weighted by molar-refractivity contribution is 7.92. The van der Waals surface area contributed by atoms with E-state index >= 15 is 0 Å². The lowest BCUT2D eigenvalue weighted by atomic mass is 10.0. The Bertz CT molecular complexity index is 1490. The molecule has 43 heavy (non-hydrogen) atoms. The van der Waals surface area contributed by atoms with Gasteiger partial charge in [0.25, 0.3) is 0 Å². The first kappa shape index (κ1) is 34.4. The third-order valence-electron chi connectivity index (χ3n) is 7.28. The van der Waals surface area contributed by atoms with Crippen LogP contribution < -0.4 is 9.62 Å². The number of nitrogens with zero attached hydrogens (tertiary/aromatic N) is 2. The van der Waals surface area contributed by atoms with Gasteiger partial charge in [-0.3, -0.25) is 13.9 Å². The van der Waals surface area contributed by atoms with Gasteiger partial charge in [-0.25, -0.2) is 8.42 Å². The van der Waals surface area contributed by atoms with E-state index in [-0.39, 0.29) is 50.1 Å². The summed E-state index contributed by atoms with van der Waals surface area (Å²) in [6, 6.07) is 19.3. The van der Waals surface area contributed by atoms with E-state index in [9.17, 15) is 18.0 Å². The first-order chi connectivity index (χ1) is 20.3. The van der Waals surface area contributed by atoms with Crippen molar-refractivity contribution in [3.05, 3.63) is 99.0 Å². The Labute approximate surface area is 266 Å². The van der Waals surface area contributed by atoms with Crippen molar-refractivity contribution >= 4 is 50.7 Å². The SMILES string of the molecule is Cc1ccc(N(CCCC(=O)N(Cc2c(Cl)cccc2Cl)[C@H](Cc2ccccc2)C(=O)NCC(C)C)S(C)(=O)=O)cc1C. The van der Waals surface area contributed by atoms with E-state index in [0.717, 1.165) is 22.9 Å².